The summed E-state index contributed by atoms with van der Waals surface area (Å²) in [6, 6.07) is 8.28. The lowest BCUT2D eigenvalue weighted by Crippen LogP contribution is -2.27. The van der Waals surface area contributed by atoms with Gasteiger partial charge in [-0.1, -0.05) is 6.07 Å². The molecule has 0 atom stereocenters. The normalized spacial score (nSPS) is 11.1. The van der Waals surface area contributed by atoms with Gasteiger partial charge in [0.25, 0.3) is 10.0 Å². The van der Waals surface area contributed by atoms with Crippen molar-refractivity contribution in [1.82, 2.24) is 9.78 Å². The first-order valence-electron chi connectivity index (χ1n) is 5.64. The molecule has 2 rings (SSSR count). The quantitative estimate of drug-likeness (QED) is 0.896. The van der Waals surface area contributed by atoms with Crippen molar-refractivity contribution in [2.75, 3.05) is 17.1 Å². The predicted octanol–water partition coefficient (Wildman–Crippen LogP) is 0.699. The third kappa shape index (κ3) is 2.31. The summed E-state index contributed by atoms with van der Waals surface area (Å²) in [5, 5.41) is 12.7. The lowest BCUT2D eigenvalue weighted by molar-refractivity contribution is 0.594. The van der Waals surface area contributed by atoms with Crippen LogP contribution in [-0.2, 0) is 17.1 Å². The second kappa shape index (κ2) is 4.86. The highest BCUT2D eigenvalue weighted by atomic mass is 32.2. The van der Waals surface area contributed by atoms with E-state index in [1.807, 2.05) is 6.07 Å². The van der Waals surface area contributed by atoms with Crippen LogP contribution >= 0.6 is 0 Å². The van der Waals surface area contributed by atoms with Crippen LogP contribution in [0.4, 0.5) is 11.5 Å². The van der Waals surface area contributed by atoms with E-state index in [1.165, 1.54) is 24.0 Å². The molecule has 0 radical (unpaired) electrons. The minimum atomic E-state index is -3.81. The maximum Gasteiger partial charge on any atom is 0.269 e. The van der Waals surface area contributed by atoms with Crippen LogP contribution in [0.25, 0.3) is 0 Å². The van der Waals surface area contributed by atoms with E-state index in [0.717, 1.165) is 4.31 Å². The SMILES string of the molecule is CN(c1cccc(C#N)c1)S(=O)(=O)c1cn(C)nc1N. The Morgan fingerprint density at radius 1 is 1.45 bits per heavy atom. The summed E-state index contributed by atoms with van der Waals surface area (Å²) in [5.41, 5.74) is 6.37. The smallest absolute Gasteiger partial charge is 0.269 e. The topological polar surface area (TPSA) is 105 Å². The zero-order valence-corrected chi connectivity index (χ0v) is 11.8. The Balaban J connectivity index is 2.49. The molecule has 1 aromatic carbocycles. The van der Waals surface area contributed by atoms with Crippen LogP contribution in [0.2, 0.25) is 0 Å². The van der Waals surface area contributed by atoms with Gasteiger partial charge in [0.1, 0.15) is 4.90 Å². The van der Waals surface area contributed by atoms with Gasteiger partial charge in [-0.25, -0.2) is 8.42 Å². The van der Waals surface area contributed by atoms with Crippen molar-refractivity contribution in [1.29, 1.82) is 5.26 Å². The van der Waals surface area contributed by atoms with Crippen molar-refractivity contribution in [2.24, 2.45) is 7.05 Å². The molecule has 0 amide bonds. The highest BCUT2D eigenvalue weighted by Gasteiger charge is 2.26. The largest absolute Gasteiger partial charge is 0.381 e. The van der Waals surface area contributed by atoms with Gasteiger partial charge >= 0.3 is 0 Å². The standard InChI is InChI=1S/C12H13N5O2S/c1-16-8-11(12(14)15-16)20(18,19)17(2)10-5-3-4-9(6-10)7-13/h3-6,8H,1-2H3,(H2,14,15). The number of nitrogens with two attached hydrogens (primary N) is 1. The molecule has 2 N–H and O–H groups in total. The van der Waals surface area contributed by atoms with E-state index in [0.29, 0.717) is 11.3 Å². The second-order valence-electron chi connectivity index (χ2n) is 4.19. The van der Waals surface area contributed by atoms with Crippen molar-refractivity contribution < 1.29 is 8.42 Å². The molecule has 2 aromatic rings. The van der Waals surface area contributed by atoms with Gasteiger partial charge in [0.2, 0.25) is 0 Å². The summed E-state index contributed by atoms with van der Waals surface area (Å²) in [4.78, 5) is -0.0649. The Morgan fingerprint density at radius 3 is 2.70 bits per heavy atom. The summed E-state index contributed by atoms with van der Waals surface area (Å²) >= 11 is 0. The van der Waals surface area contributed by atoms with Gasteiger partial charge in [-0.05, 0) is 18.2 Å². The molecule has 20 heavy (non-hydrogen) atoms. The minimum absolute atomic E-state index is 0.0595. The van der Waals surface area contributed by atoms with Crippen LogP contribution in [0.3, 0.4) is 0 Å². The van der Waals surface area contributed by atoms with Crippen LogP contribution in [-0.4, -0.2) is 25.2 Å². The number of nitrogens with zero attached hydrogens (tertiary/aromatic N) is 4. The monoisotopic (exact) mass is 291 g/mol. The number of hydrogen-bond donors (Lipinski definition) is 1. The van der Waals surface area contributed by atoms with Crippen LogP contribution in [0.5, 0.6) is 0 Å². The molecule has 7 nitrogen and oxygen atoms in total. The van der Waals surface area contributed by atoms with Crippen molar-refractivity contribution in [3.8, 4) is 6.07 Å². The van der Waals surface area contributed by atoms with Gasteiger partial charge < -0.3 is 5.73 Å². The lowest BCUT2D eigenvalue weighted by Gasteiger charge is -2.18. The molecule has 0 saturated carbocycles. The van der Waals surface area contributed by atoms with Gasteiger partial charge in [0, 0.05) is 20.3 Å². The number of anilines is 2. The first-order chi connectivity index (χ1) is 9.36. The number of aryl methyl sites for hydroxylation is 1. The van der Waals surface area contributed by atoms with Crippen LogP contribution in [0, 0.1) is 11.3 Å². The van der Waals surface area contributed by atoms with E-state index in [9.17, 15) is 8.42 Å². The molecule has 1 heterocycles. The van der Waals surface area contributed by atoms with Crippen LogP contribution < -0.4 is 10.0 Å². The molecule has 0 fully saturated rings. The molecule has 0 spiro atoms. The maximum absolute atomic E-state index is 12.5. The molecule has 0 aliphatic carbocycles. The average Bonchev–Trinajstić information content (AvgIpc) is 2.77. The summed E-state index contributed by atoms with van der Waals surface area (Å²) in [5.74, 6) is -0.0595. The molecule has 0 unspecified atom stereocenters. The zero-order chi connectivity index (χ0) is 14.9. The van der Waals surface area contributed by atoms with Gasteiger partial charge in [-0.15, -0.1) is 0 Å². The molecule has 8 heteroatoms. The first kappa shape index (κ1) is 13.9. The summed E-state index contributed by atoms with van der Waals surface area (Å²) in [6.07, 6.45) is 1.34. The molecule has 0 aliphatic rings. The van der Waals surface area contributed by atoms with Crippen LogP contribution in [0.15, 0.2) is 35.4 Å². The number of nitrogen functional groups attached to an aromatic ring is 1. The van der Waals surface area contributed by atoms with Crippen molar-refractivity contribution in [2.45, 2.75) is 4.90 Å². The fourth-order valence-corrected chi connectivity index (χ4v) is 3.02. The molecule has 0 bridgehead atoms. The fourth-order valence-electron chi connectivity index (χ4n) is 1.74. The Labute approximate surface area is 116 Å². The Kier molecular flexibility index (Phi) is 3.38. The van der Waals surface area contributed by atoms with Gasteiger partial charge in [-0.3, -0.25) is 8.99 Å². The predicted molar refractivity (Wildman–Crippen MR) is 74.4 cm³/mol. The van der Waals surface area contributed by atoms with E-state index >= 15 is 0 Å². The number of aromatic nitrogens is 2. The van der Waals surface area contributed by atoms with Crippen molar-refractivity contribution >= 4 is 21.5 Å². The molecular formula is C12H13N5O2S. The summed E-state index contributed by atoms with van der Waals surface area (Å²) < 4.78 is 27.4. The van der Waals surface area contributed by atoms with E-state index in [-0.39, 0.29) is 10.7 Å². The molecule has 0 aliphatic heterocycles. The van der Waals surface area contributed by atoms with Crippen LogP contribution in [0.1, 0.15) is 5.56 Å². The third-order valence-electron chi connectivity index (χ3n) is 2.80. The molecule has 0 saturated heterocycles. The van der Waals surface area contributed by atoms with Gasteiger partial charge in [0.15, 0.2) is 5.82 Å². The first-order valence-corrected chi connectivity index (χ1v) is 7.08. The Hall–Kier alpha value is -2.53. The average molecular weight is 291 g/mol. The number of nitriles is 1. The zero-order valence-electron chi connectivity index (χ0n) is 11.0. The van der Waals surface area contributed by atoms with E-state index in [2.05, 4.69) is 5.10 Å². The summed E-state index contributed by atoms with van der Waals surface area (Å²) in [6.45, 7) is 0. The lowest BCUT2D eigenvalue weighted by atomic mass is 10.2. The second-order valence-corrected chi connectivity index (χ2v) is 6.12. The number of sulfonamides is 1. The maximum atomic E-state index is 12.5. The van der Waals surface area contributed by atoms with Crippen molar-refractivity contribution in [3.05, 3.63) is 36.0 Å². The number of hydrogen-bond acceptors (Lipinski definition) is 5. The van der Waals surface area contributed by atoms with E-state index in [1.54, 1.807) is 25.2 Å². The highest BCUT2D eigenvalue weighted by Crippen LogP contribution is 2.25. The molecule has 1 aromatic heterocycles. The molecule has 104 valence electrons. The molecular weight excluding hydrogens is 278 g/mol. The number of rotatable bonds is 3. The Bertz CT molecular complexity index is 788. The highest BCUT2D eigenvalue weighted by molar-refractivity contribution is 7.93. The summed E-state index contributed by atoms with van der Waals surface area (Å²) in [7, 11) is -0.821. The minimum Gasteiger partial charge on any atom is -0.381 e. The van der Waals surface area contributed by atoms with E-state index < -0.39 is 10.0 Å². The van der Waals surface area contributed by atoms with E-state index in [4.69, 9.17) is 11.0 Å². The Morgan fingerprint density at radius 2 is 2.15 bits per heavy atom. The third-order valence-corrected chi connectivity index (χ3v) is 4.60. The van der Waals surface area contributed by atoms with Crippen molar-refractivity contribution in [3.63, 3.8) is 0 Å². The van der Waals surface area contributed by atoms with Gasteiger partial charge in [0.05, 0.1) is 17.3 Å². The van der Waals surface area contributed by atoms with Gasteiger partial charge in [-0.2, -0.15) is 10.4 Å². The fraction of sp³-hybridized carbons (Fsp3) is 0.167. The number of benzene rings is 1.